The van der Waals surface area contributed by atoms with Crippen molar-refractivity contribution >= 4 is 29.0 Å². The van der Waals surface area contributed by atoms with E-state index in [1.165, 1.54) is 34.3 Å². The minimum atomic E-state index is -0.364. The number of thioether (sulfide) groups is 1. The number of hydrogen-bond acceptors (Lipinski definition) is 5. The monoisotopic (exact) mass is 494 g/mol. The maximum atomic E-state index is 13.2. The molecule has 0 bridgehead atoms. The van der Waals surface area contributed by atoms with Crippen molar-refractivity contribution in [1.82, 2.24) is 20.1 Å². The zero-order valence-electron chi connectivity index (χ0n) is 19.1. The summed E-state index contributed by atoms with van der Waals surface area (Å²) in [4.78, 5) is 14.1. The number of amides is 1. The molecule has 0 saturated heterocycles. The van der Waals surface area contributed by atoms with Gasteiger partial charge in [-0.05, 0) is 55.0 Å². The fourth-order valence-electron chi connectivity index (χ4n) is 3.59. The highest BCUT2D eigenvalue weighted by molar-refractivity contribution is 8.00. The van der Waals surface area contributed by atoms with Crippen molar-refractivity contribution < 1.29 is 9.18 Å². The molecule has 4 rings (SSSR count). The zero-order chi connectivity index (χ0) is 23.9. The molecule has 2 aromatic carbocycles. The molecule has 2 heterocycles. The molecule has 1 amide bonds. The minimum absolute atomic E-state index is 0.0979. The third-order valence-electron chi connectivity index (χ3n) is 5.55. The summed E-state index contributed by atoms with van der Waals surface area (Å²) in [5.74, 6) is 0.506. The molecule has 1 N–H and O–H groups in total. The van der Waals surface area contributed by atoms with Gasteiger partial charge in [0, 0.05) is 17.8 Å². The van der Waals surface area contributed by atoms with Crippen LogP contribution in [0.5, 0.6) is 0 Å². The summed E-state index contributed by atoms with van der Waals surface area (Å²) in [6, 6.07) is 20.4. The molecular weight excluding hydrogens is 467 g/mol. The number of nitrogens with zero attached hydrogens (tertiary/aromatic N) is 3. The highest BCUT2D eigenvalue weighted by Crippen LogP contribution is 2.25. The van der Waals surface area contributed by atoms with E-state index in [-0.39, 0.29) is 23.0 Å². The summed E-state index contributed by atoms with van der Waals surface area (Å²) in [5, 5.41) is 14.4. The van der Waals surface area contributed by atoms with Gasteiger partial charge in [-0.3, -0.25) is 4.79 Å². The predicted octanol–water partition coefficient (Wildman–Crippen LogP) is 5.67. The van der Waals surface area contributed by atoms with E-state index in [1.54, 1.807) is 23.5 Å². The van der Waals surface area contributed by atoms with E-state index < -0.39 is 0 Å². The zero-order valence-corrected chi connectivity index (χ0v) is 20.8. The quantitative estimate of drug-likeness (QED) is 0.289. The Bertz CT molecular complexity index is 1190. The first kappa shape index (κ1) is 24.2. The Morgan fingerprint density at radius 2 is 1.82 bits per heavy atom. The molecule has 0 fully saturated rings. The van der Waals surface area contributed by atoms with Gasteiger partial charge in [0.1, 0.15) is 11.6 Å². The van der Waals surface area contributed by atoms with Crippen LogP contribution in [0.25, 0.3) is 0 Å². The van der Waals surface area contributed by atoms with E-state index in [4.69, 9.17) is 0 Å². The van der Waals surface area contributed by atoms with Crippen LogP contribution in [0.15, 0.2) is 77.3 Å². The molecule has 0 spiro atoms. The van der Waals surface area contributed by atoms with E-state index in [1.807, 2.05) is 38.1 Å². The maximum Gasteiger partial charge on any atom is 0.233 e. The van der Waals surface area contributed by atoms with E-state index in [2.05, 4.69) is 43.7 Å². The molecule has 2 aromatic heterocycles. The van der Waals surface area contributed by atoms with Gasteiger partial charge >= 0.3 is 0 Å². The van der Waals surface area contributed by atoms with Crippen LogP contribution < -0.4 is 5.32 Å². The van der Waals surface area contributed by atoms with Crippen LogP contribution >= 0.6 is 23.1 Å². The van der Waals surface area contributed by atoms with Crippen LogP contribution in [-0.4, -0.2) is 25.9 Å². The first-order chi connectivity index (χ1) is 16.5. The second kappa shape index (κ2) is 11.4. The van der Waals surface area contributed by atoms with E-state index >= 15 is 0 Å². The fraction of sp³-hybridized carbons (Fsp3) is 0.269. The second-order valence-electron chi connectivity index (χ2n) is 8.08. The highest BCUT2D eigenvalue weighted by Gasteiger charge is 2.22. The molecule has 8 heteroatoms. The third kappa shape index (κ3) is 6.33. The number of nitrogens with one attached hydrogen (secondary N) is 1. The van der Waals surface area contributed by atoms with Crippen LogP contribution in [-0.2, 0) is 24.2 Å². The lowest BCUT2D eigenvalue weighted by atomic mass is 10.1. The molecule has 0 saturated carbocycles. The summed E-state index contributed by atoms with van der Waals surface area (Å²) in [5.41, 5.74) is 2.10. The van der Waals surface area contributed by atoms with Crippen LogP contribution in [0.4, 0.5) is 4.39 Å². The highest BCUT2D eigenvalue weighted by atomic mass is 32.2. The Morgan fingerprint density at radius 3 is 2.53 bits per heavy atom. The SMILES string of the molecule is CC(Sc1nnc(Cc2cccs2)n1CCc1ccccc1)C(=O)NC(C)c1ccc(F)cc1. The van der Waals surface area contributed by atoms with Crippen LogP contribution in [0.1, 0.15) is 41.7 Å². The first-order valence-corrected chi connectivity index (χ1v) is 13.0. The van der Waals surface area contributed by atoms with Gasteiger partial charge in [0.25, 0.3) is 0 Å². The lowest BCUT2D eigenvalue weighted by molar-refractivity contribution is -0.120. The molecule has 176 valence electrons. The van der Waals surface area contributed by atoms with Gasteiger partial charge in [0.15, 0.2) is 5.16 Å². The lowest BCUT2D eigenvalue weighted by Gasteiger charge is -2.18. The fourth-order valence-corrected chi connectivity index (χ4v) is 5.20. The van der Waals surface area contributed by atoms with Gasteiger partial charge in [0.05, 0.1) is 11.3 Å². The van der Waals surface area contributed by atoms with Crippen molar-refractivity contribution in [2.45, 2.75) is 49.7 Å². The number of carbonyl (C=O) groups is 1. The number of halogens is 1. The number of rotatable bonds is 10. The minimum Gasteiger partial charge on any atom is -0.349 e. The van der Waals surface area contributed by atoms with Gasteiger partial charge in [-0.2, -0.15) is 0 Å². The van der Waals surface area contributed by atoms with Gasteiger partial charge in [-0.15, -0.1) is 21.5 Å². The summed E-state index contributed by atoms with van der Waals surface area (Å²) in [6.07, 6.45) is 1.56. The van der Waals surface area contributed by atoms with Crippen molar-refractivity contribution in [2.24, 2.45) is 0 Å². The van der Waals surface area contributed by atoms with Crippen molar-refractivity contribution in [3.8, 4) is 0 Å². The smallest absolute Gasteiger partial charge is 0.233 e. The molecule has 34 heavy (non-hydrogen) atoms. The van der Waals surface area contributed by atoms with E-state index in [0.717, 1.165) is 29.5 Å². The van der Waals surface area contributed by atoms with Gasteiger partial charge in [-0.1, -0.05) is 60.3 Å². The van der Waals surface area contributed by atoms with E-state index in [9.17, 15) is 9.18 Å². The number of carbonyl (C=O) groups excluding carboxylic acids is 1. The Morgan fingerprint density at radius 1 is 1.06 bits per heavy atom. The molecule has 0 radical (unpaired) electrons. The standard InChI is InChI=1S/C26H27FN4OS2/c1-18(21-10-12-22(27)13-11-21)28-25(32)19(2)34-26-30-29-24(17-23-9-6-16-33-23)31(26)15-14-20-7-4-3-5-8-20/h3-13,16,18-19H,14-15,17H2,1-2H3,(H,28,32). The van der Waals surface area contributed by atoms with Crippen LogP contribution in [0.3, 0.4) is 0 Å². The summed E-state index contributed by atoms with van der Waals surface area (Å²) in [6.45, 7) is 4.50. The number of aromatic nitrogens is 3. The van der Waals surface area contributed by atoms with Gasteiger partial charge in [0.2, 0.25) is 5.91 Å². The maximum absolute atomic E-state index is 13.2. The Hall–Kier alpha value is -2.97. The molecule has 2 atom stereocenters. The molecule has 0 aliphatic rings. The largest absolute Gasteiger partial charge is 0.349 e. The van der Waals surface area contributed by atoms with E-state index in [0.29, 0.717) is 6.42 Å². The van der Waals surface area contributed by atoms with Gasteiger partial charge in [-0.25, -0.2) is 4.39 Å². The molecule has 0 aliphatic carbocycles. The first-order valence-electron chi connectivity index (χ1n) is 11.2. The molecule has 4 aromatic rings. The normalized spacial score (nSPS) is 12.9. The van der Waals surface area contributed by atoms with Crippen LogP contribution in [0, 0.1) is 5.82 Å². The predicted molar refractivity (Wildman–Crippen MR) is 136 cm³/mol. The third-order valence-corrected chi connectivity index (χ3v) is 7.51. The van der Waals surface area contributed by atoms with Gasteiger partial charge < -0.3 is 9.88 Å². The molecule has 5 nitrogen and oxygen atoms in total. The number of hydrogen-bond donors (Lipinski definition) is 1. The molecular formula is C26H27FN4OS2. The van der Waals surface area contributed by atoms with Crippen molar-refractivity contribution in [3.05, 3.63) is 99.8 Å². The topological polar surface area (TPSA) is 59.8 Å². The van der Waals surface area contributed by atoms with Crippen LogP contribution in [0.2, 0.25) is 0 Å². The lowest BCUT2D eigenvalue weighted by Crippen LogP contribution is -2.33. The molecule has 2 unspecified atom stereocenters. The summed E-state index contributed by atoms with van der Waals surface area (Å²) >= 11 is 3.11. The Labute approximate surface area is 207 Å². The van der Waals surface area contributed by atoms with Crippen molar-refractivity contribution in [1.29, 1.82) is 0 Å². The number of aryl methyl sites for hydroxylation is 1. The Kier molecular flexibility index (Phi) is 8.13. The average molecular weight is 495 g/mol. The number of thiophene rings is 1. The number of benzene rings is 2. The average Bonchev–Trinajstić information content (AvgIpc) is 3.49. The molecule has 0 aliphatic heterocycles. The summed E-state index contributed by atoms with van der Waals surface area (Å²) in [7, 11) is 0. The van der Waals surface area contributed by atoms with Crippen molar-refractivity contribution in [3.63, 3.8) is 0 Å². The second-order valence-corrected chi connectivity index (χ2v) is 10.4. The van der Waals surface area contributed by atoms with Crippen molar-refractivity contribution in [2.75, 3.05) is 0 Å². The Balaban J connectivity index is 1.46. The summed E-state index contributed by atoms with van der Waals surface area (Å²) < 4.78 is 15.3.